The Hall–Kier alpha value is -1.82. The third kappa shape index (κ3) is 2.49. The number of nitrogens with two attached hydrogens (primary N) is 1. The van der Waals surface area contributed by atoms with Gasteiger partial charge in [-0.1, -0.05) is 0 Å². The Bertz CT molecular complexity index is 542. The van der Waals surface area contributed by atoms with Crippen LogP contribution in [0.1, 0.15) is 12.8 Å². The van der Waals surface area contributed by atoms with Gasteiger partial charge in [-0.2, -0.15) is 0 Å². The van der Waals surface area contributed by atoms with Crippen LogP contribution in [-0.2, 0) is 16.1 Å². The number of likely N-dealkylation sites (tertiary alicyclic amines) is 1. The molecule has 2 saturated heterocycles. The van der Waals surface area contributed by atoms with E-state index >= 15 is 0 Å². The summed E-state index contributed by atoms with van der Waals surface area (Å²) in [6, 6.07) is 2.92. The molecule has 2 N–H and O–H groups in total. The normalized spacial score (nSPS) is 25.6. The van der Waals surface area contributed by atoms with Gasteiger partial charge in [0.25, 0.3) is 5.56 Å². The number of fused-ring (bicyclic) bond motifs is 2. The van der Waals surface area contributed by atoms with Crippen molar-refractivity contribution in [3.8, 4) is 0 Å². The molecule has 6 heteroatoms. The van der Waals surface area contributed by atoms with Crippen molar-refractivity contribution in [2.45, 2.75) is 31.6 Å². The van der Waals surface area contributed by atoms with Gasteiger partial charge in [0.15, 0.2) is 0 Å². The van der Waals surface area contributed by atoms with Crippen molar-refractivity contribution in [1.82, 2.24) is 9.47 Å². The minimum atomic E-state index is -0.209. The third-order valence-electron chi connectivity index (χ3n) is 3.71. The summed E-state index contributed by atoms with van der Waals surface area (Å²) in [6.07, 6.45) is 3.88. The average Bonchev–Trinajstić information content (AvgIpc) is 2.72. The lowest BCUT2D eigenvalue weighted by molar-refractivity contribution is -0.140. The van der Waals surface area contributed by atoms with E-state index in [0.29, 0.717) is 18.8 Å². The molecule has 3 rings (SSSR count). The van der Waals surface area contributed by atoms with Crippen molar-refractivity contribution < 1.29 is 9.53 Å². The van der Waals surface area contributed by atoms with Gasteiger partial charge >= 0.3 is 0 Å². The molecule has 0 aromatic carbocycles. The van der Waals surface area contributed by atoms with Crippen LogP contribution in [0.25, 0.3) is 0 Å². The largest absolute Gasteiger partial charge is 0.398 e. The molecule has 2 aliphatic rings. The van der Waals surface area contributed by atoms with Crippen molar-refractivity contribution in [1.29, 1.82) is 0 Å². The number of anilines is 1. The molecule has 6 nitrogen and oxygen atoms in total. The highest BCUT2D eigenvalue weighted by Gasteiger charge is 2.35. The van der Waals surface area contributed by atoms with Crippen LogP contribution in [-0.4, -0.2) is 40.7 Å². The van der Waals surface area contributed by atoms with Gasteiger partial charge in [0.1, 0.15) is 6.54 Å². The SMILES string of the molecule is Nc1ccc(=O)n(CC(=O)N2CC3CCC(C2)O3)c1. The van der Waals surface area contributed by atoms with E-state index in [1.54, 1.807) is 4.90 Å². The predicted molar refractivity (Wildman–Crippen MR) is 69.6 cm³/mol. The zero-order valence-electron chi connectivity index (χ0n) is 10.6. The molecule has 2 aliphatic heterocycles. The van der Waals surface area contributed by atoms with E-state index in [1.165, 1.54) is 22.9 Å². The summed E-state index contributed by atoms with van der Waals surface area (Å²) >= 11 is 0. The van der Waals surface area contributed by atoms with E-state index in [4.69, 9.17) is 10.5 Å². The second-order valence-electron chi connectivity index (χ2n) is 5.18. The smallest absolute Gasteiger partial charge is 0.251 e. The minimum absolute atomic E-state index is 0.0450. The van der Waals surface area contributed by atoms with E-state index < -0.39 is 0 Å². The molecular formula is C13H17N3O3. The molecule has 1 aromatic heterocycles. The predicted octanol–water partition coefficient (Wildman–Crippen LogP) is -0.180. The quantitative estimate of drug-likeness (QED) is 0.803. The molecule has 2 atom stereocenters. The molecule has 3 heterocycles. The lowest BCUT2D eigenvalue weighted by Crippen LogP contribution is -2.47. The van der Waals surface area contributed by atoms with Gasteiger partial charge in [-0.3, -0.25) is 9.59 Å². The molecule has 2 bridgehead atoms. The van der Waals surface area contributed by atoms with E-state index in [1.807, 2.05) is 0 Å². The van der Waals surface area contributed by atoms with Crippen LogP contribution in [0.15, 0.2) is 23.1 Å². The first-order valence-electron chi connectivity index (χ1n) is 6.51. The van der Waals surface area contributed by atoms with Crippen LogP contribution < -0.4 is 11.3 Å². The Labute approximate surface area is 110 Å². The first-order chi connectivity index (χ1) is 9.11. The zero-order valence-corrected chi connectivity index (χ0v) is 10.6. The van der Waals surface area contributed by atoms with E-state index in [-0.39, 0.29) is 30.2 Å². The highest BCUT2D eigenvalue weighted by atomic mass is 16.5. The monoisotopic (exact) mass is 263 g/mol. The number of carbonyl (C=O) groups excluding carboxylic acids is 1. The molecule has 1 aromatic rings. The molecule has 102 valence electrons. The van der Waals surface area contributed by atoms with Crippen molar-refractivity contribution in [2.75, 3.05) is 18.8 Å². The Balaban J connectivity index is 1.71. The molecule has 0 saturated carbocycles. The van der Waals surface area contributed by atoms with Gasteiger partial charge in [-0.05, 0) is 18.9 Å². The van der Waals surface area contributed by atoms with Crippen molar-refractivity contribution in [3.05, 3.63) is 28.7 Å². The van der Waals surface area contributed by atoms with Crippen LogP contribution in [0.4, 0.5) is 5.69 Å². The highest BCUT2D eigenvalue weighted by molar-refractivity contribution is 5.76. The maximum absolute atomic E-state index is 12.2. The Morgan fingerprint density at radius 1 is 1.32 bits per heavy atom. The first kappa shape index (κ1) is 12.2. The van der Waals surface area contributed by atoms with Crippen LogP contribution >= 0.6 is 0 Å². The number of aromatic nitrogens is 1. The number of carbonyl (C=O) groups is 1. The summed E-state index contributed by atoms with van der Waals surface area (Å²) in [5.41, 5.74) is 5.90. The summed E-state index contributed by atoms with van der Waals surface area (Å²) in [5.74, 6) is -0.0482. The van der Waals surface area contributed by atoms with Crippen molar-refractivity contribution in [2.24, 2.45) is 0 Å². The summed E-state index contributed by atoms with van der Waals surface area (Å²) in [4.78, 5) is 25.7. The second-order valence-corrected chi connectivity index (χ2v) is 5.18. The maximum Gasteiger partial charge on any atom is 0.251 e. The molecule has 1 amide bonds. The molecule has 19 heavy (non-hydrogen) atoms. The number of pyridine rings is 1. The number of morpholine rings is 1. The van der Waals surface area contributed by atoms with E-state index in [2.05, 4.69) is 0 Å². The van der Waals surface area contributed by atoms with E-state index in [9.17, 15) is 9.59 Å². The lowest BCUT2D eigenvalue weighted by atomic mass is 10.2. The standard InChI is InChI=1S/C13H17N3O3/c14-9-1-4-12(17)15(5-9)8-13(18)16-6-10-2-3-11(7-16)19-10/h1,4-5,10-11H,2-3,6-8,14H2. The zero-order chi connectivity index (χ0) is 13.4. The fourth-order valence-corrected chi connectivity index (χ4v) is 2.74. The number of nitrogen functional groups attached to an aromatic ring is 1. The van der Waals surface area contributed by atoms with Gasteiger partial charge in [-0.25, -0.2) is 0 Å². The fraction of sp³-hybridized carbons (Fsp3) is 0.538. The molecule has 0 radical (unpaired) electrons. The topological polar surface area (TPSA) is 77.6 Å². The average molecular weight is 263 g/mol. The van der Waals surface area contributed by atoms with E-state index in [0.717, 1.165) is 12.8 Å². The molecular weight excluding hydrogens is 246 g/mol. The third-order valence-corrected chi connectivity index (χ3v) is 3.71. The van der Waals surface area contributed by atoms with Gasteiger partial charge in [0, 0.05) is 31.0 Å². The summed E-state index contributed by atoms with van der Waals surface area (Å²) in [5, 5.41) is 0. The van der Waals surface area contributed by atoms with Crippen LogP contribution in [0.3, 0.4) is 0 Å². The van der Waals surface area contributed by atoms with Gasteiger partial charge in [0.05, 0.1) is 12.2 Å². The number of ether oxygens (including phenoxy) is 1. The maximum atomic E-state index is 12.2. The number of rotatable bonds is 2. The lowest BCUT2D eigenvalue weighted by Gasteiger charge is -2.32. The van der Waals surface area contributed by atoms with Gasteiger partial charge in [-0.15, -0.1) is 0 Å². The Kier molecular flexibility index (Phi) is 3.02. The number of hydrogen-bond donors (Lipinski definition) is 1. The van der Waals surface area contributed by atoms with Crippen LogP contribution in [0.2, 0.25) is 0 Å². The number of nitrogens with zero attached hydrogens (tertiary/aromatic N) is 2. The highest BCUT2D eigenvalue weighted by Crippen LogP contribution is 2.26. The summed E-state index contributed by atoms with van der Waals surface area (Å²) < 4.78 is 7.04. The fourth-order valence-electron chi connectivity index (χ4n) is 2.74. The molecule has 2 unspecified atom stereocenters. The molecule has 0 aliphatic carbocycles. The van der Waals surface area contributed by atoms with Gasteiger partial charge in [0.2, 0.25) is 5.91 Å². The van der Waals surface area contributed by atoms with Crippen molar-refractivity contribution >= 4 is 11.6 Å². The number of hydrogen-bond acceptors (Lipinski definition) is 4. The first-order valence-corrected chi connectivity index (χ1v) is 6.51. The minimum Gasteiger partial charge on any atom is -0.398 e. The molecule has 0 spiro atoms. The van der Waals surface area contributed by atoms with Gasteiger partial charge < -0.3 is 19.9 Å². The summed E-state index contributed by atoms with van der Waals surface area (Å²) in [7, 11) is 0. The van der Waals surface area contributed by atoms with Crippen LogP contribution in [0.5, 0.6) is 0 Å². The second kappa shape index (κ2) is 4.70. The Morgan fingerprint density at radius 3 is 2.68 bits per heavy atom. The number of amides is 1. The van der Waals surface area contributed by atoms with Crippen molar-refractivity contribution in [3.63, 3.8) is 0 Å². The molecule has 2 fully saturated rings. The van der Waals surface area contributed by atoms with Crippen LogP contribution in [0, 0.1) is 0 Å². The Morgan fingerprint density at radius 2 is 2.00 bits per heavy atom. The summed E-state index contributed by atoms with van der Waals surface area (Å²) in [6.45, 7) is 1.31.